The summed E-state index contributed by atoms with van der Waals surface area (Å²) in [7, 11) is -4.21. The molecular weight excluding hydrogens is 290 g/mol. The van der Waals surface area contributed by atoms with Gasteiger partial charge in [0.05, 0.1) is 4.90 Å². The van der Waals surface area contributed by atoms with Crippen molar-refractivity contribution in [1.82, 2.24) is 0 Å². The maximum Gasteiger partial charge on any atom is 0.294 e. The number of anilines is 1. The largest absolute Gasteiger partial charge is 0.326 e. The highest BCUT2D eigenvalue weighted by atomic mass is 32.2. The Morgan fingerprint density at radius 3 is 2.05 bits per heavy atom. The van der Waals surface area contributed by atoms with Gasteiger partial charge >= 0.3 is 0 Å². The van der Waals surface area contributed by atoms with Crippen molar-refractivity contribution >= 4 is 21.7 Å². The van der Waals surface area contributed by atoms with E-state index in [0.717, 1.165) is 6.42 Å². The molecule has 0 aliphatic carbocycles. The second-order valence-electron chi connectivity index (χ2n) is 5.97. The van der Waals surface area contributed by atoms with Crippen LogP contribution in [0.15, 0.2) is 29.2 Å². The lowest BCUT2D eigenvalue weighted by atomic mass is 9.87. The molecule has 118 valence electrons. The van der Waals surface area contributed by atoms with Gasteiger partial charge in [-0.2, -0.15) is 8.42 Å². The van der Waals surface area contributed by atoms with Gasteiger partial charge in [0.15, 0.2) is 0 Å². The van der Waals surface area contributed by atoms with Crippen molar-refractivity contribution in [2.75, 3.05) is 5.32 Å². The third-order valence-corrected chi connectivity index (χ3v) is 4.15. The van der Waals surface area contributed by atoms with Crippen molar-refractivity contribution in [2.45, 2.75) is 39.0 Å². The SMILES string of the molecule is CC(C)CC(C(=O)Nc1ccc(S(=O)(=O)O)cc1)C(C)C. The summed E-state index contributed by atoms with van der Waals surface area (Å²) < 4.78 is 30.8. The van der Waals surface area contributed by atoms with Crippen molar-refractivity contribution in [2.24, 2.45) is 17.8 Å². The van der Waals surface area contributed by atoms with Crippen LogP contribution in [0.2, 0.25) is 0 Å². The highest BCUT2D eigenvalue weighted by Gasteiger charge is 2.23. The number of rotatable bonds is 6. The van der Waals surface area contributed by atoms with Crippen LogP contribution in [-0.2, 0) is 14.9 Å². The quantitative estimate of drug-likeness (QED) is 0.790. The molecule has 0 aliphatic heterocycles. The van der Waals surface area contributed by atoms with Crippen LogP contribution in [0, 0.1) is 17.8 Å². The minimum Gasteiger partial charge on any atom is -0.326 e. The highest BCUT2D eigenvalue weighted by Crippen LogP contribution is 2.22. The molecule has 1 atom stereocenters. The lowest BCUT2D eigenvalue weighted by Gasteiger charge is -2.22. The molecule has 1 aromatic rings. The van der Waals surface area contributed by atoms with Gasteiger partial charge in [0, 0.05) is 11.6 Å². The van der Waals surface area contributed by atoms with E-state index in [1.54, 1.807) is 0 Å². The summed E-state index contributed by atoms with van der Waals surface area (Å²) in [6.07, 6.45) is 0.798. The van der Waals surface area contributed by atoms with Gasteiger partial charge in [0.25, 0.3) is 10.1 Å². The van der Waals surface area contributed by atoms with Gasteiger partial charge < -0.3 is 5.32 Å². The maximum absolute atomic E-state index is 12.3. The molecule has 1 rings (SSSR count). The van der Waals surface area contributed by atoms with Crippen LogP contribution in [0.3, 0.4) is 0 Å². The zero-order chi connectivity index (χ0) is 16.2. The van der Waals surface area contributed by atoms with Crippen molar-refractivity contribution < 1.29 is 17.8 Å². The Balaban J connectivity index is 2.82. The smallest absolute Gasteiger partial charge is 0.294 e. The Bertz CT molecular complexity index is 576. The Labute approximate surface area is 126 Å². The zero-order valence-corrected chi connectivity index (χ0v) is 13.6. The molecular formula is C15H23NO4S. The van der Waals surface area contributed by atoms with Gasteiger partial charge in [-0.1, -0.05) is 27.7 Å². The second-order valence-corrected chi connectivity index (χ2v) is 7.39. The van der Waals surface area contributed by atoms with Crippen molar-refractivity contribution in [3.05, 3.63) is 24.3 Å². The molecule has 0 spiro atoms. The third kappa shape index (κ3) is 5.47. The summed E-state index contributed by atoms with van der Waals surface area (Å²) in [6.45, 7) is 8.16. The molecule has 0 bridgehead atoms. The van der Waals surface area contributed by atoms with Crippen molar-refractivity contribution in [1.29, 1.82) is 0 Å². The Kier molecular flexibility index (Phi) is 5.92. The van der Waals surface area contributed by atoms with Crippen LogP contribution in [0.25, 0.3) is 0 Å². The number of carbonyl (C=O) groups excluding carboxylic acids is 1. The molecule has 0 heterocycles. The molecule has 0 aromatic heterocycles. The monoisotopic (exact) mass is 313 g/mol. The molecule has 1 aromatic carbocycles. The minimum absolute atomic E-state index is 0.0710. The predicted molar refractivity (Wildman–Crippen MR) is 82.7 cm³/mol. The number of benzene rings is 1. The van der Waals surface area contributed by atoms with Crippen LogP contribution >= 0.6 is 0 Å². The Hall–Kier alpha value is -1.40. The maximum atomic E-state index is 12.3. The molecule has 1 unspecified atom stereocenters. The topological polar surface area (TPSA) is 83.5 Å². The van der Waals surface area contributed by atoms with Gasteiger partial charge in [-0.15, -0.1) is 0 Å². The van der Waals surface area contributed by atoms with E-state index >= 15 is 0 Å². The van der Waals surface area contributed by atoms with E-state index in [2.05, 4.69) is 19.2 Å². The van der Waals surface area contributed by atoms with Crippen LogP contribution < -0.4 is 5.32 Å². The summed E-state index contributed by atoms with van der Waals surface area (Å²) >= 11 is 0. The van der Waals surface area contributed by atoms with Crippen LogP contribution in [0.5, 0.6) is 0 Å². The first-order chi connectivity index (χ1) is 9.61. The number of hydrogen-bond donors (Lipinski definition) is 2. The first-order valence-electron chi connectivity index (χ1n) is 6.99. The third-order valence-electron chi connectivity index (χ3n) is 3.29. The summed E-state index contributed by atoms with van der Waals surface area (Å²) in [5, 5.41) is 2.79. The summed E-state index contributed by atoms with van der Waals surface area (Å²) in [4.78, 5) is 12.1. The molecule has 5 nitrogen and oxygen atoms in total. The fraction of sp³-hybridized carbons (Fsp3) is 0.533. The molecule has 1 amide bonds. The van der Waals surface area contributed by atoms with Crippen LogP contribution in [-0.4, -0.2) is 18.9 Å². The summed E-state index contributed by atoms with van der Waals surface area (Å²) in [5.41, 5.74) is 0.516. The number of hydrogen-bond acceptors (Lipinski definition) is 3. The van der Waals surface area contributed by atoms with E-state index in [1.807, 2.05) is 13.8 Å². The zero-order valence-electron chi connectivity index (χ0n) is 12.8. The minimum atomic E-state index is -4.21. The van der Waals surface area contributed by atoms with E-state index in [9.17, 15) is 13.2 Å². The first-order valence-corrected chi connectivity index (χ1v) is 8.43. The van der Waals surface area contributed by atoms with Gasteiger partial charge in [-0.3, -0.25) is 9.35 Å². The van der Waals surface area contributed by atoms with E-state index in [0.29, 0.717) is 11.6 Å². The van der Waals surface area contributed by atoms with Crippen molar-refractivity contribution in [3.8, 4) is 0 Å². The van der Waals surface area contributed by atoms with E-state index in [1.165, 1.54) is 24.3 Å². The van der Waals surface area contributed by atoms with Gasteiger partial charge in [-0.25, -0.2) is 0 Å². The molecule has 0 saturated heterocycles. The molecule has 0 fully saturated rings. The number of carbonyl (C=O) groups is 1. The average molecular weight is 313 g/mol. The summed E-state index contributed by atoms with van der Waals surface area (Å²) in [5.74, 6) is 0.485. The molecule has 0 aliphatic rings. The average Bonchev–Trinajstić information content (AvgIpc) is 2.34. The van der Waals surface area contributed by atoms with Crippen LogP contribution in [0.4, 0.5) is 5.69 Å². The summed E-state index contributed by atoms with van der Waals surface area (Å²) in [6, 6.07) is 5.46. The van der Waals surface area contributed by atoms with Crippen LogP contribution in [0.1, 0.15) is 34.1 Å². The molecule has 0 radical (unpaired) electrons. The number of nitrogens with one attached hydrogen (secondary N) is 1. The van der Waals surface area contributed by atoms with E-state index in [-0.39, 0.29) is 22.6 Å². The fourth-order valence-electron chi connectivity index (χ4n) is 2.14. The standard InChI is InChI=1S/C15H23NO4S/c1-10(2)9-14(11(3)4)15(17)16-12-5-7-13(8-6-12)21(18,19)20/h5-8,10-11,14H,9H2,1-4H3,(H,16,17)(H,18,19,20). The number of amides is 1. The normalized spacial score (nSPS) is 13.5. The molecule has 0 saturated carbocycles. The molecule has 6 heteroatoms. The van der Waals surface area contributed by atoms with E-state index < -0.39 is 10.1 Å². The van der Waals surface area contributed by atoms with E-state index in [4.69, 9.17) is 4.55 Å². The Morgan fingerprint density at radius 2 is 1.67 bits per heavy atom. The van der Waals surface area contributed by atoms with Crippen molar-refractivity contribution in [3.63, 3.8) is 0 Å². The fourth-order valence-corrected chi connectivity index (χ4v) is 2.62. The molecule has 21 heavy (non-hydrogen) atoms. The van der Waals surface area contributed by atoms with Gasteiger partial charge in [0.1, 0.15) is 0 Å². The van der Waals surface area contributed by atoms with Gasteiger partial charge in [0.2, 0.25) is 5.91 Å². The first kappa shape index (κ1) is 17.7. The highest BCUT2D eigenvalue weighted by molar-refractivity contribution is 7.85. The van der Waals surface area contributed by atoms with Gasteiger partial charge in [-0.05, 0) is 42.5 Å². The molecule has 2 N–H and O–H groups in total. The second kappa shape index (κ2) is 7.04. The Morgan fingerprint density at radius 1 is 1.14 bits per heavy atom. The predicted octanol–water partition coefficient (Wildman–Crippen LogP) is 3.19. The lowest BCUT2D eigenvalue weighted by molar-refractivity contribution is -0.121. The lowest BCUT2D eigenvalue weighted by Crippen LogP contribution is -2.28.